The molecule has 0 aliphatic carbocycles. The Bertz CT molecular complexity index is 582. The molecule has 0 amide bonds. The summed E-state index contributed by atoms with van der Waals surface area (Å²) in [6, 6.07) is 2.82. The van der Waals surface area contributed by atoms with Crippen LogP contribution in [0.25, 0.3) is 10.2 Å². The summed E-state index contributed by atoms with van der Waals surface area (Å²) in [6.07, 6.45) is 5.65. The van der Waals surface area contributed by atoms with Gasteiger partial charge in [0.15, 0.2) is 0 Å². The monoisotopic (exact) mass is 274 g/mol. The molecule has 5 heteroatoms. The van der Waals surface area contributed by atoms with Crippen LogP contribution in [0.15, 0.2) is 17.8 Å². The quantitative estimate of drug-likeness (QED) is 0.799. The molecule has 2 aromatic heterocycles. The van der Waals surface area contributed by atoms with Gasteiger partial charge < -0.3 is 4.90 Å². The molecule has 2 fully saturated rings. The van der Waals surface area contributed by atoms with E-state index >= 15 is 0 Å². The Morgan fingerprint density at radius 2 is 2.11 bits per heavy atom. The van der Waals surface area contributed by atoms with Gasteiger partial charge in [-0.3, -0.25) is 4.90 Å². The fourth-order valence-corrected chi connectivity index (χ4v) is 4.26. The number of fused-ring (bicyclic) bond motifs is 2. The molecule has 2 aliphatic rings. The second kappa shape index (κ2) is 4.72. The lowest BCUT2D eigenvalue weighted by molar-refractivity contribution is 0.273. The molecule has 1 atom stereocenters. The molecule has 2 aliphatic heterocycles. The Morgan fingerprint density at radius 3 is 3.11 bits per heavy atom. The van der Waals surface area contributed by atoms with Crippen molar-refractivity contribution in [2.45, 2.75) is 25.3 Å². The average molecular weight is 274 g/mol. The maximum absolute atomic E-state index is 4.57. The Balaban J connectivity index is 1.69. The molecule has 2 aromatic rings. The second-order valence-electron chi connectivity index (χ2n) is 5.46. The van der Waals surface area contributed by atoms with Crippen LogP contribution in [0.1, 0.15) is 19.3 Å². The van der Waals surface area contributed by atoms with Gasteiger partial charge in [-0.15, -0.1) is 11.3 Å². The third-order valence-electron chi connectivity index (χ3n) is 4.33. The summed E-state index contributed by atoms with van der Waals surface area (Å²) < 4.78 is 1.24. The minimum absolute atomic E-state index is 0.729. The molecule has 2 saturated heterocycles. The number of hydrogen-bond donors (Lipinski definition) is 0. The van der Waals surface area contributed by atoms with Gasteiger partial charge in [0.1, 0.15) is 12.1 Å². The number of anilines is 1. The van der Waals surface area contributed by atoms with Crippen LogP contribution >= 0.6 is 11.3 Å². The summed E-state index contributed by atoms with van der Waals surface area (Å²) >= 11 is 1.76. The normalized spacial score (nSPS) is 24.6. The highest BCUT2D eigenvalue weighted by atomic mass is 32.1. The maximum Gasteiger partial charge on any atom is 0.150 e. The fourth-order valence-electron chi connectivity index (χ4n) is 3.40. The highest BCUT2D eigenvalue weighted by Gasteiger charge is 2.29. The van der Waals surface area contributed by atoms with E-state index in [0.717, 1.165) is 30.5 Å². The smallest absolute Gasteiger partial charge is 0.150 e. The molecule has 100 valence electrons. The van der Waals surface area contributed by atoms with Crippen molar-refractivity contribution in [3.63, 3.8) is 0 Å². The molecule has 0 aromatic carbocycles. The molecule has 0 spiro atoms. The van der Waals surface area contributed by atoms with Gasteiger partial charge in [0.05, 0.1) is 10.2 Å². The van der Waals surface area contributed by atoms with Crippen molar-refractivity contribution in [2.24, 2.45) is 0 Å². The predicted octanol–water partition coefficient (Wildman–Crippen LogP) is 2.37. The van der Waals surface area contributed by atoms with E-state index in [-0.39, 0.29) is 0 Å². The molecular weight excluding hydrogens is 256 g/mol. The lowest BCUT2D eigenvalue weighted by atomic mass is 10.2. The van der Waals surface area contributed by atoms with E-state index in [9.17, 15) is 0 Å². The topological polar surface area (TPSA) is 32.3 Å². The van der Waals surface area contributed by atoms with Gasteiger partial charge in [0.2, 0.25) is 0 Å². The first-order valence-electron chi connectivity index (χ1n) is 7.09. The SMILES string of the molecule is c1nc(N2CCCN3CCCC3C2)c2sccc2n1. The summed E-state index contributed by atoms with van der Waals surface area (Å²) in [6.45, 7) is 4.79. The third-order valence-corrected chi connectivity index (χ3v) is 5.23. The van der Waals surface area contributed by atoms with Crippen LogP contribution in [0, 0.1) is 0 Å². The molecule has 4 heterocycles. The Morgan fingerprint density at radius 1 is 1.16 bits per heavy atom. The third kappa shape index (κ3) is 2.01. The molecule has 0 radical (unpaired) electrons. The maximum atomic E-state index is 4.57. The first-order chi connectivity index (χ1) is 9.42. The number of aromatic nitrogens is 2. The Kier molecular flexibility index (Phi) is 2.89. The molecule has 0 saturated carbocycles. The van der Waals surface area contributed by atoms with Gasteiger partial charge in [0, 0.05) is 25.7 Å². The highest BCUT2D eigenvalue weighted by Crippen LogP contribution is 2.30. The fraction of sp³-hybridized carbons (Fsp3) is 0.571. The Hall–Kier alpha value is -1.20. The second-order valence-corrected chi connectivity index (χ2v) is 6.38. The van der Waals surface area contributed by atoms with E-state index in [1.807, 2.05) is 0 Å². The molecular formula is C14H18N4S. The van der Waals surface area contributed by atoms with Gasteiger partial charge >= 0.3 is 0 Å². The standard InChI is InChI=1S/C14H18N4S/c1-3-11-9-18(7-2-6-17(11)5-1)14-13-12(4-8-19-13)15-10-16-14/h4,8,10-11H,1-3,5-7,9H2. The average Bonchev–Trinajstić information content (AvgIpc) is 3.03. The first-order valence-corrected chi connectivity index (χ1v) is 7.97. The summed E-state index contributed by atoms with van der Waals surface area (Å²) in [5, 5.41) is 2.11. The van der Waals surface area contributed by atoms with Crippen LogP contribution < -0.4 is 4.90 Å². The zero-order valence-corrected chi connectivity index (χ0v) is 11.8. The Labute approximate surface area is 117 Å². The van der Waals surface area contributed by atoms with Crippen molar-refractivity contribution in [3.05, 3.63) is 17.8 Å². The summed E-state index contributed by atoms with van der Waals surface area (Å²) in [7, 11) is 0. The van der Waals surface area contributed by atoms with Crippen molar-refractivity contribution in [2.75, 3.05) is 31.1 Å². The summed E-state index contributed by atoms with van der Waals surface area (Å²) in [5.74, 6) is 1.15. The lowest BCUT2D eigenvalue weighted by Crippen LogP contribution is -2.37. The number of thiophene rings is 1. The van der Waals surface area contributed by atoms with Gasteiger partial charge in [-0.1, -0.05) is 0 Å². The zero-order chi connectivity index (χ0) is 12.7. The number of rotatable bonds is 1. The number of hydrogen-bond acceptors (Lipinski definition) is 5. The van der Waals surface area contributed by atoms with Crippen molar-refractivity contribution in [1.29, 1.82) is 0 Å². The van der Waals surface area contributed by atoms with E-state index in [1.165, 1.54) is 37.1 Å². The lowest BCUT2D eigenvalue weighted by Gasteiger charge is -2.26. The van der Waals surface area contributed by atoms with E-state index < -0.39 is 0 Å². The van der Waals surface area contributed by atoms with E-state index in [2.05, 4.69) is 31.2 Å². The molecule has 0 N–H and O–H groups in total. The molecule has 4 rings (SSSR count). The van der Waals surface area contributed by atoms with Gasteiger partial charge in [-0.2, -0.15) is 0 Å². The molecule has 19 heavy (non-hydrogen) atoms. The van der Waals surface area contributed by atoms with Crippen LogP contribution in [-0.4, -0.2) is 47.1 Å². The van der Waals surface area contributed by atoms with Crippen LogP contribution in [-0.2, 0) is 0 Å². The van der Waals surface area contributed by atoms with E-state index in [1.54, 1.807) is 17.7 Å². The van der Waals surface area contributed by atoms with Crippen molar-refractivity contribution in [3.8, 4) is 0 Å². The van der Waals surface area contributed by atoms with Crippen LogP contribution in [0.4, 0.5) is 5.82 Å². The minimum Gasteiger partial charge on any atom is -0.354 e. The summed E-state index contributed by atoms with van der Waals surface area (Å²) in [4.78, 5) is 14.1. The highest BCUT2D eigenvalue weighted by molar-refractivity contribution is 7.17. The largest absolute Gasteiger partial charge is 0.354 e. The van der Waals surface area contributed by atoms with E-state index in [0.29, 0.717) is 0 Å². The van der Waals surface area contributed by atoms with Gasteiger partial charge in [0.25, 0.3) is 0 Å². The minimum atomic E-state index is 0.729. The summed E-state index contributed by atoms with van der Waals surface area (Å²) in [5.41, 5.74) is 1.09. The van der Waals surface area contributed by atoms with E-state index in [4.69, 9.17) is 0 Å². The molecule has 1 unspecified atom stereocenters. The van der Waals surface area contributed by atoms with Crippen LogP contribution in [0.3, 0.4) is 0 Å². The van der Waals surface area contributed by atoms with Gasteiger partial charge in [-0.25, -0.2) is 9.97 Å². The molecule has 0 bridgehead atoms. The van der Waals surface area contributed by atoms with Crippen LogP contribution in [0.2, 0.25) is 0 Å². The molecule has 4 nitrogen and oxygen atoms in total. The van der Waals surface area contributed by atoms with Gasteiger partial charge in [-0.05, 0) is 37.3 Å². The predicted molar refractivity (Wildman–Crippen MR) is 78.8 cm³/mol. The van der Waals surface area contributed by atoms with Crippen molar-refractivity contribution < 1.29 is 0 Å². The van der Waals surface area contributed by atoms with Crippen molar-refractivity contribution in [1.82, 2.24) is 14.9 Å². The zero-order valence-electron chi connectivity index (χ0n) is 11.0. The van der Waals surface area contributed by atoms with Crippen LogP contribution in [0.5, 0.6) is 0 Å². The first kappa shape index (κ1) is 11.6. The van der Waals surface area contributed by atoms with Crippen molar-refractivity contribution >= 4 is 27.4 Å². The number of nitrogens with zero attached hydrogens (tertiary/aromatic N) is 4.